The smallest absolute Gasteiger partial charge is 0.322 e. The second-order valence-electron chi connectivity index (χ2n) is 8.38. The van der Waals surface area contributed by atoms with Gasteiger partial charge in [-0.25, -0.2) is 4.98 Å². The Bertz CT molecular complexity index is 734. The Balaban J connectivity index is 2.83. The summed E-state index contributed by atoms with van der Waals surface area (Å²) in [7, 11) is 0. The Morgan fingerprint density at radius 3 is 2.03 bits per heavy atom. The van der Waals surface area contributed by atoms with E-state index >= 15 is 0 Å². The molecule has 0 aromatic carbocycles. The van der Waals surface area contributed by atoms with Crippen molar-refractivity contribution in [3.05, 3.63) is 18.2 Å². The van der Waals surface area contributed by atoms with Crippen molar-refractivity contribution in [1.29, 1.82) is 0 Å². The van der Waals surface area contributed by atoms with Crippen molar-refractivity contribution < 1.29 is 24.3 Å². The number of hydrogen-bond donors (Lipinski definition) is 6. The molecule has 0 saturated heterocycles. The first-order valence-electron chi connectivity index (χ1n) is 10.3. The number of rotatable bonds is 13. The number of aromatic nitrogens is 2. The summed E-state index contributed by atoms with van der Waals surface area (Å²) in [6.07, 6.45) is 3.95. The zero-order valence-corrected chi connectivity index (χ0v) is 18.5. The van der Waals surface area contributed by atoms with Crippen LogP contribution in [0.3, 0.4) is 0 Å². The summed E-state index contributed by atoms with van der Waals surface area (Å²) in [6.45, 7) is 7.03. The maximum atomic E-state index is 12.9. The van der Waals surface area contributed by atoms with Crippen LogP contribution in [-0.2, 0) is 25.6 Å². The first-order chi connectivity index (χ1) is 14.5. The van der Waals surface area contributed by atoms with Crippen LogP contribution in [0.1, 0.15) is 46.2 Å². The van der Waals surface area contributed by atoms with E-state index in [1.165, 1.54) is 6.33 Å². The average molecular weight is 439 g/mol. The Morgan fingerprint density at radius 2 is 1.55 bits per heavy atom. The molecule has 3 unspecified atom stereocenters. The highest BCUT2D eigenvalue weighted by Crippen LogP contribution is 2.09. The van der Waals surface area contributed by atoms with Gasteiger partial charge in [-0.3, -0.25) is 19.2 Å². The molecule has 7 N–H and O–H groups in total. The Hall–Kier alpha value is -2.95. The van der Waals surface area contributed by atoms with E-state index in [0.717, 1.165) is 0 Å². The molecule has 0 aliphatic rings. The lowest BCUT2D eigenvalue weighted by molar-refractivity contribution is -0.138. The summed E-state index contributed by atoms with van der Waals surface area (Å²) in [6, 6.07) is -2.69. The van der Waals surface area contributed by atoms with Crippen molar-refractivity contribution in [1.82, 2.24) is 25.9 Å². The van der Waals surface area contributed by atoms with E-state index in [1.54, 1.807) is 6.20 Å². The van der Waals surface area contributed by atoms with Gasteiger partial charge in [0.15, 0.2) is 0 Å². The molecule has 3 amide bonds. The summed E-state index contributed by atoms with van der Waals surface area (Å²) in [4.78, 5) is 55.3. The van der Waals surface area contributed by atoms with Gasteiger partial charge in [0.2, 0.25) is 17.7 Å². The molecule has 3 atom stereocenters. The summed E-state index contributed by atoms with van der Waals surface area (Å²) in [5, 5.41) is 16.4. The van der Waals surface area contributed by atoms with Crippen LogP contribution in [0.5, 0.6) is 0 Å². The highest BCUT2D eigenvalue weighted by molar-refractivity contribution is 5.93. The van der Waals surface area contributed by atoms with Gasteiger partial charge in [-0.05, 0) is 24.7 Å². The molecule has 0 aliphatic carbocycles. The SMILES string of the molecule is CC(C)CC(NC(=O)C(N)Cc1cnc[nH]1)C(=O)NC(CC(C)C)C(=O)NCC(=O)O. The largest absolute Gasteiger partial charge is 0.480 e. The van der Waals surface area contributed by atoms with E-state index in [-0.39, 0.29) is 18.3 Å². The van der Waals surface area contributed by atoms with Crippen LogP contribution in [0.4, 0.5) is 0 Å². The minimum atomic E-state index is -1.18. The molecule has 0 saturated carbocycles. The van der Waals surface area contributed by atoms with Gasteiger partial charge in [-0.1, -0.05) is 27.7 Å². The average Bonchev–Trinajstić information content (AvgIpc) is 3.17. The Morgan fingerprint density at radius 1 is 1.00 bits per heavy atom. The summed E-state index contributed by atoms with van der Waals surface area (Å²) in [5.74, 6) is -2.63. The van der Waals surface area contributed by atoms with E-state index in [9.17, 15) is 19.2 Å². The topological polar surface area (TPSA) is 179 Å². The van der Waals surface area contributed by atoms with Crippen molar-refractivity contribution in [2.45, 2.75) is 65.1 Å². The van der Waals surface area contributed by atoms with Gasteiger partial charge in [0.25, 0.3) is 0 Å². The number of imidazole rings is 1. The fourth-order valence-electron chi connectivity index (χ4n) is 2.97. The number of nitrogens with one attached hydrogen (secondary N) is 4. The highest BCUT2D eigenvalue weighted by Gasteiger charge is 2.29. The van der Waals surface area contributed by atoms with Crippen molar-refractivity contribution in [3.63, 3.8) is 0 Å². The minimum Gasteiger partial charge on any atom is -0.480 e. The van der Waals surface area contributed by atoms with Gasteiger partial charge in [-0.15, -0.1) is 0 Å². The molecule has 0 radical (unpaired) electrons. The lowest BCUT2D eigenvalue weighted by Gasteiger charge is -2.25. The third-order valence-electron chi connectivity index (χ3n) is 4.43. The normalized spacial score (nSPS) is 14.0. The lowest BCUT2D eigenvalue weighted by Crippen LogP contribution is -2.56. The first-order valence-corrected chi connectivity index (χ1v) is 10.3. The zero-order chi connectivity index (χ0) is 23.6. The molecule has 11 nitrogen and oxygen atoms in total. The molecule has 1 aromatic rings. The van der Waals surface area contributed by atoms with Crippen molar-refractivity contribution in [2.75, 3.05) is 6.54 Å². The second kappa shape index (κ2) is 12.7. The van der Waals surface area contributed by atoms with Crippen LogP contribution in [-0.4, -0.2) is 63.4 Å². The molecule has 0 fully saturated rings. The number of carbonyl (C=O) groups is 4. The number of H-pyrrole nitrogens is 1. The van der Waals surface area contributed by atoms with Crippen molar-refractivity contribution >= 4 is 23.7 Å². The fraction of sp³-hybridized carbons (Fsp3) is 0.650. The van der Waals surface area contributed by atoms with Gasteiger partial charge in [0.1, 0.15) is 18.6 Å². The van der Waals surface area contributed by atoms with Crippen LogP contribution in [0, 0.1) is 11.8 Å². The van der Waals surface area contributed by atoms with Crippen LogP contribution in [0.15, 0.2) is 12.5 Å². The maximum absolute atomic E-state index is 12.9. The maximum Gasteiger partial charge on any atom is 0.322 e. The standard InChI is InChI=1S/C20H34N6O5/c1-11(2)5-15(19(30)23-9-17(27)28)26-20(31)16(6-12(3)4)25-18(29)14(21)7-13-8-22-10-24-13/h8,10-12,14-16H,5-7,9,21H2,1-4H3,(H,22,24)(H,23,30)(H,25,29)(H,26,31)(H,27,28). The first kappa shape index (κ1) is 26.1. The monoisotopic (exact) mass is 438 g/mol. The van der Waals surface area contributed by atoms with Crippen LogP contribution >= 0.6 is 0 Å². The molecule has 174 valence electrons. The molecule has 0 aliphatic heterocycles. The number of aliphatic carboxylic acids is 1. The predicted molar refractivity (Wildman–Crippen MR) is 114 cm³/mol. The van der Waals surface area contributed by atoms with Gasteiger partial charge < -0.3 is 31.8 Å². The Labute approximate surface area is 181 Å². The van der Waals surface area contributed by atoms with E-state index < -0.39 is 48.4 Å². The predicted octanol–water partition coefficient (Wildman–Crippen LogP) is -0.458. The Kier molecular flexibility index (Phi) is 10.7. The molecule has 1 rings (SSSR count). The molecule has 0 spiro atoms. The number of hydrogen-bond acceptors (Lipinski definition) is 6. The number of carbonyl (C=O) groups excluding carboxylic acids is 3. The quantitative estimate of drug-likeness (QED) is 0.241. The van der Waals surface area contributed by atoms with Gasteiger partial charge in [0.05, 0.1) is 12.4 Å². The number of carboxylic acid groups (broad SMARTS) is 1. The second-order valence-corrected chi connectivity index (χ2v) is 8.38. The molecular formula is C20H34N6O5. The van der Waals surface area contributed by atoms with Gasteiger partial charge >= 0.3 is 5.97 Å². The fourth-order valence-corrected chi connectivity index (χ4v) is 2.97. The number of aromatic amines is 1. The summed E-state index contributed by atoms with van der Waals surface area (Å²) >= 11 is 0. The van der Waals surface area contributed by atoms with Gasteiger partial charge in [-0.2, -0.15) is 0 Å². The summed E-state index contributed by atoms with van der Waals surface area (Å²) in [5.41, 5.74) is 6.65. The van der Waals surface area contributed by atoms with Crippen molar-refractivity contribution in [3.8, 4) is 0 Å². The molecular weight excluding hydrogens is 404 g/mol. The lowest BCUT2D eigenvalue weighted by atomic mass is 9.99. The number of carboxylic acids is 1. The van der Waals surface area contributed by atoms with Gasteiger partial charge in [0, 0.05) is 18.3 Å². The minimum absolute atomic E-state index is 0.0712. The highest BCUT2D eigenvalue weighted by atomic mass is 16.4. The molecule has 0 bridgehead atoms. The molecule has 31 heavy (non-hydrogen) atoms. The number of amides is 3. The van der Waals surface area contributed by atoms with E-state index in [0.29, 0.717) is 18.5 Å². The van der Waals surface area contributed by atoms with E-state index in [4.69, 9.17) is 10.8 Å². The zero-order valence-electron chi connectivity index (χ0n) is 18.5. The molecule has 11 heteroatoms. The van der Waals surface area contributed by atoms with Crippen molar-refractivity contribution in [2.24, 2.45) is 17.6 Å². The third-order valence-corrected chi connectivity index (χ3v) is 4.43. The van der Waals surface area contributed by atoms with Crippen LogP contribution in [0.25, 0.3) is 0 Å². The molecule has 1 heterocycles. The van der Waals surface area contributed by atoms with Crippen LogP contribution < -0.4 is 21.7 Å². The number of nitrogens with zero attached hydrogens (tertiary/aromatic N) is 1. The number of nitrogens with two attached hydrogens (primary N) is 1. The van der Waals surface area contributed by atoms with E-state index in [1.807, 2.05) is 27.7 Å². The third kappa shape index (κ3) is 10.1. The van der Waals surface area contributed by atoms with Crippen LogP contribution in [0.2, 0.25) is 0 Å². The summed E-state index contributed by atoms with van der Waals surface area (Å²) < 4.78 is 0. The molecule has 1 aromatic heterocycles. The van der Waals surface area contributed by atoms with E-state index in [2.05, 4.69) is 25.9 Å².